The van der Waals surface area contributed by atoms with Crippen molar-refractivity contribution in [2.75, 3.05) is 41.0 Å². The number of carbonyl (C=O) groups is 2. The van der Waals surface area contributed by atoms with Crippen LogP contribution in [0.4, 0.5) is 0 Å². The van der Waals surface area contributed by atoms with E-state index in [4.69, 9.17) is 19.2 Å². The Labute approximate surface area is 192 Å². The van der Waals surface area contributed by atoms with Gasteiger partial charge in [0.25, 0.3) is 5.91 Å². The number of para-hydroxylation sites is 2. The summed E-state index contributed by atoms with van der Waals surface area (Å²) in [5.41, 5.74) is 2.23. The van der Waals surface area contributed by atoms with Gasteiger partial charge in [0.15, 0.2) is 11.5 Å². The Morgan fingerprint density at radius 2 is 1.85 bits per heavy atom. The second-order valence-corrected chi connectivity index (χ2v) is 7.91. The number of carbonyl (C=O) groups excluding carboxylic acids is 2. The van der Waals surface area contributed by atoms with Crippen LogP contribution in [0, 0.1) is 0 Å². The maximum absolute atomic E-state index is 12.8. The van der Waals surface area contributed by atoms with Gasteiger partial charge < -0.3 is 29.4 Å². The molecule has 3 aromatic rings. The summed E-state index contributed by atoms with van der Waals surface area (Å²) in [5.74, 6) is 1.66. The maximum Gasteiger partial charge on any atom is 0.251 e. The van der Waals surface area contributed by atoms with Crippen molar-refractivity contribution in [1.82, 2.24) is 20.2 Å². The average molecular weight is 453 g/mol. The predicted octanol–water partition coefficient (Wildman–Crippen LogP) is 2.72. The molecule has 2 N–H and O–H groups in total. The highest BCUT2D eigenvalue weighted by Gasteiger charge is 2.27. The average Bonchev–Trinajstić information content (AvgIpc) is 3.30. The van der Waals surface area contributed by atoms with Crippen LogP contribution >= 0.6 is 0 Å². The minimum atomic E-state index is -0.395. The number of amides is 2. The first-order valence-corrected chi connectivity index (χ1v) is 10.8. The van der Waals surface area contributed by atoms with E-state index in [-0.39, 0.29) is 18.4 Å². The van der Waals surface area contributed by atoms with Crippen molar-refractivity contribution in [3.8, 4) is 17.2 Å². The third-order valence-electron chi connectivity index (χ3n) is 5.90. The Morgan fingerprint density at radius 3 is 2.52 bits per heavy atom. The van der Waals surface area contributed by atoms with Crippen LogP contribution in [0.25, 0.3) is 11.0 Å². The summed E-state index contributed by atoms with van der Waals surface area (Å²) >= 11 is 0. The molecule has 9 heteroatoms. The molecular formula is C24H28N4O5. The van der Waals surface area contributed by atoms with Crippen molar-refractivity contribution in [3.63, 3.8) is 0 Å². The van der Waals surface area contributed by atoms with Crippen LogP contribution in [0.3, 0.4) is 0 Å². The molecule has 2 amide bonds. The van der Waals surface area contributed by atoms with E-state index in [1.165, 1.54) is 21.3 Å². The van der Waals surface area contributed by atoms with Gasteiger partial charge in [-0.3, -0.25) is 9.59 Å². The van der Waals surface area contributed by atoms with Gasteiger partial charge >= 0.3 is 0 Å². The van der Waals surface area contributed by atoms with E-state index >= 15 is 0 Å². The number of nitrogens with zero attached hydrogens (tertiary/aromatic N) is 2. The number of likely N-dealkylation sites (tertiary alicyclic amines) is 1. The fraction of sp³-hybridized carbons (Fsp3) is 0.375. The summed E-state index contributed by atoms with van der Waals surface area (Å²) in [4.78, 5) is 35.4. The molecule has 0 saturated carbocycles. The molecule has 0 spiro atoms. The van der Waals surface area contributed by atoms with Crippen molar-refractivity contribution in [3.05, 3.63) is 47.8 Å². The molecule has 1 atom stereocenters. The van der Waals surface area contributed by atoms with E-state index < -0.39 is 5.91 Å². The lowest BCUT2D eigenvalue weighted by Crippen LogP contribution is -2.44. The first-order valence-electron chi connectivity index (χ1n) is 10.8. The molecule has 174 valence electrons. The molecule has 0 bridgehead atoms. The molecular weight excluding hydrogens is 424 g/mol. The number of benzene rings is 2. The van der Waals surface area contributed by atoms with Crippen LogP contribution < -0.4 is 19.5 Å². The van der Waals surface area contributed by atoms with Gasteiger partial charge in [-0.15, -0.1) is 0 Å². The van der Waals surface area contributed by atoms with E-state index in [2.05, 4.69) is 10.3 Å². The predicted molar refractivity (Wildman–Crippen MR) is 123 cm³/mol. The van der Waals surface area contributed by atoms with Crippen molar-refractivity contribution >= 4 is 22.8 Å². The van der Waals surface area contributed by atoms with Gasteiger partial charge in [0, 0.05) is 24.6 Å². The minimum absolute atomic E-state index is 0.0949. The normalized spacial score (nSPS) is 15.8. The van der Waals surface area contributed by atoms with Gasteiger partial charge in [-0.25, -0.2) is 4.98 Å². The van der Waals surface area contributed by atoms with Gasteiger partial charge in [0.2, 0.25) is 11.7 Å². The summed E-state index contributed by atoms with van der Waals surface area (Å²) < 4.78 is 15.9. The van der Waals surface area contributed by atoms with Crippen LogP contribution in [0.5, 0.6) is 17.2 Å². The van der Waals surface area contributed by atoms with E-state index in [0.29, 0.717) is 35.9 Å². The zero-order chi connectivity index (χ0) is 23.4. The van der Waals surface area contributed by atoms with Crippen molar-refractivity contribution in [1.29, 1.82) is 0 Å². The molecule has 1 aliphatic heterocycles. The van der Waals surface area contributed by atoms with Gasteiger partial charge in [0.05, 0.1) is 38.9 Å². The number of hydrogen-bond donors (Lipinski definition) is 2. The molecule has 33 heavy (non-hydrogen) atoms. The quantitative estimate of drug-likeness (QED) is 0.571. The van der Waals surface area contributed by atoms with E-state index in [0.717, 1.165) is 29.7 Å². The summed E-state index contributed by atoms with van der Waals surface area (Å²) in [7, 11) is 4.46. The zero-order valence-corrected chi connectivity index (χ0v) is 19.0. The number of H-pyrrole nitrogens is 1. The monoisotopic (exact) mass is 452 g/mol. The Bertz CT molecular complexity index is 1100. The lowest BCUT2D eigenvalue weighted by molar-refractivity contribution is -0.131. The second-order valence-electron chi connectivity index (χ2n) is 7.91. The fourth-order valence-electron chi connectivity index (χ4n) is 4.17. The smallest absolute Gasteiger partial charge is 0.251 e. The minimum Gasteiger partial charge on any atom is -0.493 e. The molecule has 1 aliphatic rings. The second kappa shape index (κ2) is 9.81. The molecule has 4 rings (SSSR count). The van der Waals surface area contributed by atoms with Crippen molar-refractivity contribution < 1.29 is 23.8 Å². The highest BCUT2D eigenvalue weighted by molar-refractivity contribution is 5.97. The number of methoxy groups -OCH3 is 3. The first kappa shape index (κ1) is 22.4. The van der Waals surface area contributed by atoms with Crippen molar-refractivity contribution in [2.24, 2.45) is 0 Å². The molecule has 0 radical (unpaired) electrons. The number of nitrogens with one attached hydrogen (secondary N) is 2. The maximum atomic E-state index is 12.8. The Kier molecular flexibility index (Phi) is 6.67. The molecule has 0 aliphatic carbocycles. The third kappa shape index (κ3) is 4.72. The number of imidazole rings is 1. The van der Waals surface area contributed by atoms with E-state index in [1.807, 2.05) is 24.3 Å². The van der Waals surface area contributed by atoms with Gasteiger partial charge in [-0.2, -0.15) is 0 Å². The number of ether oxygens (including phenoxy) is 3. The standard InChI is InChI=1S/C24H28N4O5/c1-31-19-11-16(12-20(32-2)22(19)33-3)24(30)25-13-21(29)28-10-6-7-15(14-28)23-26-17-8-4-5-9-18(17)27-23/h4-5,8-9,11-12,15H,6-7,10,13-14H2,1-3H3,(H,25,30)(H,26,27)/t15-/m1/s1. The summed E-state index contributed by atoms with van der Waals surface area (Å²) in [6.45, 7) is 1.14. The van der Waals surface area contributed by atoms with Gasteiger partial charge in [-0.1, -0.05) is 12.1 Å². The molecule has 0 unspecified atom stereocenters. The molecule has 2 heterocycles. The van der Waals surface area contributed by atoms with E-state index in [9.17, 15) is 9.59 Å². The zero-order valence-electron chi connectivity index (χ0n) is 19.0. The fourth-order valence-corrected chi connectivity index (χ4v) is 4.17. The lowest BCUT2D eigenvalue weighted by Gasteiger charge is -2.32. The van der Waals surface area contributed by atoms with Crippen LogP contribution in [0.1, 0.15) is 34.9 Å². The number of aromatic nitrogens is 2. The summed E-state index contributed by atoms with van der Waals surface area (Å²) in [5, 5.41) is 2.71. The van der Waals surface area contributed by atoms with Gasteiger partial charge in [-0.05, 0) is 37.1 Å². The number of rotatable bonds is 7. The van der Waals surface area contributed by atoms with Crippen LogP contribution in [-0.4, -0.2) is 67.6 Å². The van der Waals surface area contributed by atoms with Crippen LogP contribution in [0.2, 0.25) is 0 Å². The Hall–Kier alpha value is -3.75. The number of piperidine rings is 1. The molecule has 1 saturated heterocycles. The number of hydrogen-bond acceptors (Lipinski definition) is 6. The summed E-state index contributed by atoms with van der Waals surface area (Å²) in [6, 6.07) is 11.0. The molecule has 2 aromatic carbocycles. The topological polar surface area (TPSA) is 106 Å². The number of fused-ring (bicyclic) bond motifs is 1. The molecule has 1 aromatic heterocycles. The molecule has 1 fully saturated rings. The Balaban J connectivity index is 1.39. The van der Waals surface area contributed by atoms with E-state index in [1.54, 1.807) is 17.0 Å². The number of aromatic amines is 1. The highest BCUT2D eigenvalue weighted by Crippen LogP contribution is 2.38. The SMILES string of the molecule is COc1cc(C(=O)NCC(=O)N2CCC[C@@H](c3nc4ccccc4[nH]3)C2)cc(OC)c1OC. The first-order chi connectivity index (χ1) is 16.0. The van der Waals surface area contributed by atoms with Crippen LogP contribution in [0.15, 0.2) is 36.4 Å². The largest absolute Gasteiger partial charge is 0.493 e. The lowest BCUT2D eigenvalue weighted by atomic mass is 9.97. The van der Waals surface area contributed by atoms with Crippen LogP contribution in [-0.2, 0) is 4.79 Å². The van der Waals surface area contributed by atoms with Crippen molar-refractivity contribution in [2.45, 2.75) is 18.8 Å². The molecule has 9 nitrogen and oxygen atoms in total. The summed E-state index contributed by atoms with van der Waals surface area (Å²) in [6.07, 6.45) is 1.84. The van der Waals surface area contributed by atoms with Gasteiger partial charge in [0.1, 0.15) is 5.82 Å². The Morgan fingerprint density at radius 1 is 1.12 bits per heavy atom. The highest BCUT2D eigenvalue weighted by atomic mass is 16.5. The third-order valence-corrected chi connectivity index (χ3v) is 5.90.